The van der Waals surface area contributed by atoms with Gasteiger partial charge in [0.15, 0.2) is 0 Å². The van der Waals surface area contributed by atoms with E-state index in [1.807, 2.05) is 0 Å². The summed E-state index contributed by atoms with van der Waals surface area (Å²) in [5.41, 5.74) is 0.357. The van der Waals surface area contributed by atoms with Crippen molar-refractivity contribution in [2.45, 2.75) is 90.6 Å². The third kappa shape index (κ3) is 1.71. The summed E-state index contributed by atoms with van der Waals surface area (Å²) in [6.07, 6.45) is 5.17. The normalized spacial score (nSPS) is 57.9. The third-order valence-corrected chi connectivity index (χ3v) is 10.2. The van der Waals surface area contributed by atoms with Crippen LogP contribution in [0.5, 0.6) is 0 Å². The van der Waals surface area contributed by atoms with Gasteiger partial charge in [-0.15, -0.1) is 0 Å². The first kappa shape index (κ1) is 16.9. The molecule has 0 aromatic heterocycles. The van der Waals surface area contributed by atoms with Gasteiger partial charge in [-0.1, -0.05) is 27.7 Å². The highest BCUT2D eigenvalue weighted by Crippen LogP contribution is 2.67. The van der Waals surface area contributed by atoms with E-state index < -0.39 is 0 Å². The Hall–Kier alpha value is -0.0301. The Morgan fingerprint density at radius 1 is 0.615 bits per heavy atom. The predicted octanol–water partition coefficient (Wildman–Crippen LogP) is 3.52. The molecular weight excluding hydrogens is 326 g/mol. The van der Waals surface area contributed by atoms with Crippen molar-refractivity contribution in [1.82, 2.24) is 0 Å². The predicted molar refractivity (Wildman–Crippen MR) is 100 cm³/mol. The topological polar surface area (TPSA) is 36.9 Å². The molecule has 4 bridgehead atoms. The summed E-state index contributed by atoms with van der Waals surface area (Å²) in [6, 6.07) is 0. The van der Waals surface area contributed by atoms with Crippen LogP contribution in [-0.4, -0.2) is 37.4 Å². The van der Waals surface area contributed by atoms with Gasteiger partial charge in [-0.2, -0.15) is 0 Å². The minimum atomic E-state index is -0.372. The van der Waals surface area contributed by atoms with Crippen molar-refractivity contribution in [2.24, 2.45) is 34.5 Å². The molecule has 4 nitrogen and oxygen atoms in total. The molecule has 0 N–H and O–H groups in total. The molecule has 5 unspecified atom stereocenters. The maximum absolute atomic E-state index is 6.60. The molecule has 2 heterocycles. The average molecular weight is 358 g/mol. The molecular formula is C20H32B2O4. The van der Waals surface area contributed by atoms with E-state index in [0.29, 0.717) is 22.7 Å². The Kier molecular flexibility index (Phi) is 2.97. The maximum atomic E-state index is 6.60. The van der Waals surface area contributed by atoms with E-state index in [1.165, 1.54) is 12.8 Å². The van der Waals surface area contributed by atoms with E-state index in [9.17, 15) is 0 Å². The van der Waals surface area contributed by atoms with Crippen LogP contribution in [-0.2, 0) is 18.6 Å². The molecule has 8 fully saturated rings. The van der Waals surface area contributed by atoms with Crippen molar-refractivity contribution in [3.05, 3.63) is 0 Å². The van der Waals surface area contributed by atoms with Crippen LogP contribution in [0.25, 0.3) is 0 Å². The maximum Gasteiger partial charge on any atom is 0.488 e. The van der Waals surface area contributed by atoms with Crippen LogP contribution in [0.2, 0.25) is 0 Å². The van der Waals surface area contributed by atoms with Gasteiger partial charge in [-0.3, -0.25) is 0 Å². The van der Waals surface area contributed by atoms with E-state index in [0.717, 1.165) is 24.7 Å². The van der Waals surface area contributed by atoms with Gasteiger partial charge in [-0.05, 0) is 74.0 Å². The fraction of sp³-hybridized carbons (Fsp3) is 1.00. The number of rotatable bonds is 1. The molecule has 0 spiro atoms. The van der Waals surface area contributed by atoms with Gasteiger partial charge in [0.25, 0.3) is 0 Å². The lowest BCUT2D eigenvalue weighted by Gasteiger charge is -2.64. The highest BCUT2D eigenvalue weighted by molar-refractivity contribution is 7.11. The summed E-state index contributed by atoms with van der Waals surface area (Å²) in [5, 5.41) is 0. The Morgan fingerprint density at radius 2 is 1.00 bits per heavy atom. The molecule has 6 aliphatic carbocycles. The molecule has 2 aliphatic heterocycles. The van der Waals surface area contributed by atoms with Crippen LogP contribution in [0, 0.1) is 34.5 Å². The van der Waals surface area contributed by atoms with E-state index in [4.69, 9.17) is 18.6 Å². The molecule has 8 atom stereocenters. The zero-order valence-electron chi connectivity index (χ0n) is 17.1. The fourth-order valence-corrected chi connectivity index (χ4v) is 8.03. The number of hydrogen-bond acceptors (Lipinski definition) is 4. The van der Waals surface area contributed by atoms with Crippen LogP contribution in [0.15, 0.2) is 0 Å². The first-order valence-electron chi connectivity index (χ1n) is 10.7. The van der Waals surface area contributed by atoms with Gasteiger partial charge in [0.05, 0.1) is 23.4 Å². The molecule has 8 aliphatic rings. The van der Waals surface area contributed by atoms with Crippen LogP contribution in [0.3, 0.4) is 0 Å². The van der Waals surface area contributed by atoms with Gasteiger partial charge in [0.1, 0.15) is 0 Å². The number of hydrogen-bond donors (Lipinski definition) is 0. The third-order valence-electron chi connectivity index (χ3n) is 10.2. The van der Waals surface area contributed by atoms with Crippen molar-refractivity contribution in [1.29, 1.82) is 0 Å². The summed E-state index contributed by atoms with van der Waals surface area (Å²) in [4.78, 5) is 0. The zero-order valence-corrected chi connectivity index (χ0v) is 17.1. The molecule has 6 heteroatoms. The molecule has 142 valence electrons. The second-order valence-corrected chi connectivity index (χ2v) is 11.7. The van der Waals surface area contributed by atoms with E-state index >= 15 is 0 Å². The van der Waals surface area contributed by atoms with Crippen LogP contribution < -0.4 is 0 Å². The second-order valence-electron chi connectivity index (χ2n) is 11.7. The minimum Gasteiger partial charge on any atom is -0.407 e. The Balaban J connectivity index is 1.24. The Bertz CT molecular complexity index is 612. The first-order valence-corrected chi connectivity index (χ1v) is 10.7. The van der Waals surface area contributed by atoms with Crippen LogP contribution in [0.1, 0.15) is 67.2 Å². The Morgan fingerprint density at radius 3 is 1.35 bits per heavy atom. The van der Waals surface area contributed by atoms with Crippen LogP contribution in [0.4, 0.5) is 0 Å². The van der Waals surface area contributed by atoms with Crippen LogP contribution >= 0.6 is 0 Å². The smallest absolute Gasteiger partial charge is 0.407 e. The molecule has 6 saturated carbocycles. The molecule has 26 heavy (non-hydrogen) atoms. The molecule has 0 radical (unpaired) electrons. The molecule has 0 amide bonds. The molecule has 8 rings (SSSR count). The lowest BCUT2D eigenvalue weighted by molar-refractivity contribution is -0.200. The molecule has 2 saturated heterocycles. The summed E-state index contributed by atoms with van der Waals surface area (Å²) >= 11 is 0. The highest BCUT2D eigenvalue weighted by atomic mass is 16.7. The van der Waals surface area contributed by atoms with Gasteiger partial charge in [0.2, 0.25) is 0 Å². The molecule has 0 aromatic carbocycles. The highest BCUT2D eigenvalue weighted by Gasteiger charge is 2.73. The summed E-state index contributed by atoms with van der Waals surface area (Å²) < 4.78 is 26.1. The van der Waals surface area contributed by atoms with Gasteiger partial charge in [-0.25, -0.2) is 0 Å². The molecule has 0 aromatic rings. The van der Waals surface area contributed by atoms with Crippen molar-refractivity contribution in [3.63, 3.8) is 0 Å². The van der Waals surface area contributed by atoms with E-state index in [-0.39, 0.29) is 37.4 Å². The Labute approximate surface area is 158 Å². The monoisotopic (exact) mass is 358 g/mol. The SMILES string of the molecule is CC1(C)C2CC3OB(B4O[C@@H]5CC6CC(C6(C)C)[C@]5(C)O4)O[C@@]3(C)C1C2. The van der Waals surface area contributed by atoms with E-state index in [2.05, 4.69) is 41.5 Å². The quantitative estimate of drug-likeness (QED) is 0.673. The van der Waals surface area contributed by atoms with Crippen molar-refractivity contribution in [3.8, 4) is 0 Å². The lowest BCUT2D eigenvalue weighted by Crippen LogP contribution is -2.65. The lowest BCUT2D eigenvalue weighted by atomic mass is 9.43. The largest absolute Gasteiger partial charge is 0.488 e. The van der Waals surface area contributed by atoms with Gasteiger partial charge in [0, 0.05) is 0 Å². The average Bonchev–Trinajstić information content (AvgIpc) is 3.09. The van der Waals surface area contributed by atoms with Crippen molar-refractivity contribution < 1.29 is 18.6 Å². The minimum absolute atomic E-state index is 0.189. The van der Waals surface area contributed by atoms with Crippen molar-refractivity contribution in [2.75, 3.05) is 0 Å². The van der Waals surface area contributed by atoms with E-state index in [1.54, 1.807) is 0 Å². The summed E-state index contributed by atoms with van der Waals surface area (Å²) in [7, 11) is -0.745. The van der Waals surface area contributed by atoms with Crippen molar-refractivity contribution >= 4 is 14.0 Å². The fourth-order valence-electron chi connectivity index (χ4n) is 8.03. The van der Waals surface area contributed by atoms with Gasteiger partial charge >= 0.3 is 14.0 Å². The standard InChI is InChI=1S/C20H32B2O4/c1-17(2)11-7-13(17)19(5)15(9-11)23-21(25-19)22-24-16-10-12-8-14(18(12,3)4)20(16,6)26-22/h11-16H,7-10H2,1-6H3/t11?,12?,13?,14?,15-,16?,19+,20+/m1/s1. The van der Waals surface area contributed by atoms with Gasteiger partial charge < -0.3 is 18.6 Å². The summed E-state index contributed by atoms with van der Waals surface area (Å²) in [6.45, 7) is 14.1. The summed E-state index contributed by atoms with van der Waals surface area (Å²) in [5.74, 6) is 2.70. The second kappa shape index (κ2) is 4.58. The zero-order chi connectivity index (χ0) is 18.3. The first-order chi connectivity index (χ1) is 12.1.